The van der Waals surface area contributed by atoms with Crippen molar-refractivity contribution in [2.75, 3.05) is 0 Å². The highest BCUT2D eigenvalue weighted by Crippen LogP contribution is 2.20. The van der Waals surface area contributed by atoms with Crippen LogP contribution in [-0.2, 0) is 9.53 Å². The molecule has 0 saturated heterocycles. The number of nitrogens with one attached hydrogen (secondary N) is 1. The Kier molecular flexibility index (Phi) is 5.41. The fourth-order valence-electron chi connectivity index (χ4n) is 1.97. The third-order valence-corrected chi connectivity index (χ3v) is 2.96. The SMILES string of the molecule is CC(C)NC(=O)C(OC(=O)c1ccnc(F)c1)c1ccccc1. The van der Waals surface area contributed by atoms with Crippen LogP contribution in [-0.4, -0.2) is 22.9 Å². The van der Waals surface area contributed by atoms with E-state index in [-0.39, 0.29) is 11.6 Å². The van der Waals surface area contributed by atoms with Crippen LogP contribution in [0.5, 0.6) is 0 Å². The highest BCUT2D eigenvalue weighted by Gasteiger charge is 2.26. The highest BCUT2D eigenvalue weighted by molar-refractivity contribution is 5.92. The average Bonchev–Trinajstić information content (AvgIpc) is 2.52. The Morgan fingerprint density at radius 3 is 2.48 bits per heavy atom. The summed E-state index contributed by atoms with van der Waals surface area (Å²) in [6.45, 7) is 3.61. The largest absolute Gasteiger partial charge is 0.444 e. The predicted molar refractivity (Wildman–Crippen MR) is 82.1 cm³/mol. The minimum atomic E-state index is -1.11. The third-order valence-electron chi connectivity index (χ3n) is 2.96. The van der Waals surface area contributed by atoms with E-state index in [1.165, 1.54) is 6.07 Å². The Morgan fingerprint density at radius 2 is 1.87 bits per heavy atom. The molecule has 0 fully saturated rings. The first-order valence-electron chi connectivity index (χ1n) is 7.15. The van der Waals surface area contributed by atoms with Crippen molar-refractivity contribution < 1.29 is 18.7 Å². The molecular weight excluding hydrogens is 299 g/mol. The van der Waals surface area contributed by atoms with Crippen LogP contribution in [0.2, 0.25) is 0 Å². The molecule has 0 aliphatic carbocycles. The van der Waals surface area contributed by atoms with Crippen LogP contribution in [0.1, 0.15) is 35.9 Å². The summed E-state index contributed by atoms with van der Waals surface area (Å²) in [4.78, 5) is 27.9. The molecule has 2 aromatic rings. The van der Waals surface area contributed by atoms with Crippen molar-refractivity contribution in [1.29, 1.82) is 0 Å². The molecule has 5 nitrogen and oxygen atoms in total. The van der Waals surface area contributed by atoms with Gasteiger partial charge in [-0.2, -0.15) is 4.39 Å². The summed E-state index contributed by atoms with van der Waals surface area (Å²) in [5.41, 5.74) is 0.532. The fraction of sp³-hybridized carbons (Fsp3) is 0.235. The Morgan fingerprint density at radius 1 is 1.17 bits per heavy atom. The molecule has 2 rings (SSSR count). The van der Waals surface area contributed by atoms with Crippen molar-refractivity contribution in [3.05, 3.63) is 65.7 Å². The molecule has 1 amide bonds. The molecule has 6 heteroatoms. The molecule has 0 aliphatic rings. The Balaban J connectivity index is 2.24. The molecule has 0 aliphatic heterocycles. The lowest BCUT2D eigenvalue weighted by Crippen LogP contribution is -2.36. The maximum Gasteiger partial charge on any atom is 0.339 e. The van der Waals surface area contributed by atoms with Gasteiger partial charge in [0.05, 0.1) is 5.56 Å². The molecule has 1 aromatic heterocycles. The summed E-state index contributed by atoms with van der Waals surface area (Å²) in [6, 6.07) is 10.8. The average molecular weight is 316 g/mol. The lowest BCUT2D eigenvalue weighted by molar-refractivity contribution is -0.130. The first-order chi connectivity index (χ1) is 11.0. The van der Waals surface area contributed by atoms with Crippen molar-refractivity contribution in [3.63, 3.8) is 0 Å². The predicted octanol–water partition coefficient (Wildman–Crippen LogP) is 2.64. The van der Waals surface area contributed by atoms with E-state index in [1.807, 2.05) is 0 Å². The standard InChI is InChI=1S/C17H17FN2O3/c1-11(2)20-16(21)15(12-6-4-3-5-7-12)23-17(22)13-8-9-19-14(18)10-13/h3-11,15H,1-2H3,(H,20,21). The number of amides is 1. The molecule has 0 saturated carbocycles. The zero-order valence-corrected chi connectivity index (χ0v) is 12.8. The quantitative estimate of drug-likeness (QED) is 0.680. The van der Waals surface area contributed by atoms with Crippen LogP contribution in [0.25, 0.3) is 0 Å². The number of hydrogen-bond acceptors (Lipinski definition) is 4. The van der Waals surface area contributed by atoms with Gasteiger partial charge in [-0.25, -0.2) is 9.78 Å². The van der Waals surface area contributed by atoms with E-state index in [9.17, 15) is 14.0 Å². The van der Waals surface area contributed by atoms with E-state index < -0.39 is 23.9 Å². The molecular formula is C17H17FN2O3. The number of carbonyl (C=O) groups is 2. The normalized spacial score (nSPS) is 11.8. The second-order valence-electron chi connectivity index (χ2n) is 5.23. The number of carbonyl (C=O) groups excluding carboxylic acids is 2. The highest BCUT2D eigenvalue weighted by atomic mass is 19.1. The number of rotatable bonds is 5. The lowest BCUT2D eigenvalue weighted by atomic mass is 10.1. The van der Waals surface area contributed by atoms with Crippen LogP contribution in [0, 0.1) is 5.95 Å². The second kappa shape index (κ2) is 7.49. The first kappa shape index (κ1) is 16.6. The van der Waals surface area contributed by atoms with Gasteiger partial charge in [-0.15, -0.1) is 0 Å². The summed E-state index contributed by atoms with van der Waals surface area (Å²) in [7, 11) is 0. The van der Waals surface area contributed by atoms with Gasteiger partial charge in [0.15, 0.2) is 0 Å². The molecule has 1 heterocycles. The number of halogens is 1. The number of pyridine rings is 1. The maximum absolute atomic E-state index is 13.1. The molecule has 0 bridgehead atoms. The van der Waals surface area contributed by atoms with Crippen LogP contribution >= 0.6 is 0 Å². The van der Waals surface area contributed by atoms with Gasteiger partial charge < -0.3 is 10.1 Å². The summed E-state index contributed by atoms with van der Waals surface area (Å²) >= 11 is 0. The van der Waals surface area contributed by atoms with Crippen molar-refractivity contribution in [2.24, 2.45) is 0 Å². The molecule has 23 heavy (non-hydrogen) atoms. The summed E-state index contributed by atoms with van der Waals surface area (Å²) < 4.78 is 18.4. The lowest BCUT2D eigenvalue weighted by Gasteiger charge is -2.19. The van der Waals surface area contributed by atoms with Crippen LogP contribution in [0.4, 0.5) is 4.39 Å². The molecule has 1 N–H and O–H groups in total. The van der Waals surface area contributed by atoms with Crippen molar-refractivity contribution >= 4 is 11.9 Å². The van der Waals surface area contributed by atoms with Gasteiger partial charge in [0.2, 0.25) is 12.1 Å². The van der Waals surface area contributed by atoms with E-state index in [0.29, 0.717) is 5.56 Å². The number of hydrogen-bond donors (Lipinski definition) is 1. The Bertz CT molecular complexity index is 689. The summed E-state index contributed by atoms with van der Waals surface area (Å²) in [6.07, 6.45) is 0.0554. The van der Waals surface area contributed by atoms with Crippen LogP contribution in [0.15, 0.2) is 48.7 Å². The van der Waals surface area contributed by atoms with Gasteiger partial charge in [-0.1, -0.05) is 30.3 Å². The van der Waals surface area contributed by atoms with E-state index in [4.69, 9.17) is 4.74 Å². The first-order valence-corrected chi connectivity index (χ1v) is 7.15. The number of aromatic nitrogens is 1. The van der Waals surface area contributed by atoms with Gasteiger partial charge in [0.25, 0.3) is 5.91 Å². The summed E-state index contributed by atoms with van der Waals surface area (Å²) in [5, 5.41) is 2.71. The van der Waals surface area contributed by atoms with Gasteiger partial charge in [-0.3, -0.25) is 4.79 Å². The van der Waals surface area contributed by atoms with Crippen molar-refractivity contribution in [3.8, 4) is 0 Å². The molecule has 1 atom stereocenters. The topological polar surface area (TPSA) is 68.3 Å². The molecule has 1 aromatic carbocycles. The van der Waals surface area contributed by atoms with E-state index in [1.54, 1.807) is 44.2 Å². The van der Waals surface area contributed by atoms with Crippen LogP contribution in [0.3, 0.4) is 0 Å². The van der Waals surface area contributed by atoms with E-state index in [2.05, 4.69) is 10.3 Å². The smallest absolute Gasteiger partial charge is 0.339 e. The van der Waals surface area contributed by atoms with E-state index in [0.717, 1.165) is 12.3 Å². The third kappa shape index (κ3) is 4.60. The van der Waals surface area contributed by atoms with Crippen molar-refractivity contribution in [2.45, 2.75) is 26.0 Å². The molecule has 120 valence electrons. The maximum atomic E-state index is 13.1. The minimum absolute atomic E-state index is 0.00391. The molecule has 0 spiro atoms. The molecule has 0 radical (unpaired) electrons. The number of nitrogens with zero attached hydrogens (tertiary/aromatic N) is 1. The van der Waals surface area contributed by atoms with Gasteiger partial charge in [0.1, 0.15) is 0 Å². The van der Waals surface area contributed by atoms with Crippen LogP contribution < -0.4 is 5.32 Å². The van der Waals surface area contributed by atoms with Gasteiger partial charge in [0, 0.05) is 23.9 Å². The second-order valence-corrected chi connectivity index (χ2v) is 5.23. The zero-order chi connectivity index (χ0) is 16.8. The number of benzene rings is 1. The fourth-order valence-corrected chi connectivity index (χ4v) is 1.97. The van der Waals surface area contributed by atoms with E-state index >= 15 is 0 Å². The minimum Gasteiger partial charge on any atom is -0.444 e. The Labute approximate surface area is 133 Å². The van der Waals surface area contributed by atoms with Crippen molar-refractivity contribution in [1.82, 2.24) is 10.3 Å². The van der Waals surface area contributed by atoms with Gasteiger partial charge >= 0.3 is 5.97 Å². The monoisotopic (exact) mass is 316 g/mol. The summed E-state index contributed by atoms with van der Waals surface area (Å²) in [5.74, 6) is -2.02. The zero-order valence-electron chi connectivity index (χ0n) is 12.8. The number of ether oxygens (including phenoxy) is 1. The molecule has 1 unspecified atom stereocenters. The van der Waals surface area contributed by atoms with Gasteiger partial charge in [-0.05, 0) is 19.9 Å². The number of esters is 1. The Hall–Kier alpha value is -2.76.